The monoisotopic (exact) mass is 211 g/mol. The van der Waals surface area contributed by atoms with Gasteiger partial charge in [-0.15, -0.1) is 0 Å². The maximum Gasteiger partial charge on any atom is 0.0506 e. The third-order valence-electron chi connectivity index (χ3n) is 1.96. The second-order valence-corrected chi connectivity index (χ2v) is 3.64. The van der Waals surface area contributed by atoms with Crippen LogP contribution < -0.4 is 0 Å². The molecule has 1 rings (SSSR count). The molecule has 0 bridgehead atoms. The van der Waals surface area contributed by atoms with E-state index in [1.807, 2.05) is 18.2 Å². The molecule has 0 atom stereocenters. The third kappa shape index (κ3) is 4.64. The topological polar surface area (TPSA) is 9.23 Å². The van der Waals surface area contributed by atoms with Crippen LogP contribution in [0.5, 0.6) is 0 Å². The lowest BCUT2D eigenvalue weighted by Crippen LogP contribution is -1.99. The van der Waals surface area contributed by atoms with E-state index < -0.39 is 0 Å². The van der Waals surface area contributed by atoms with Gasteiger partial charge in [-0.3, -0.25) is 0 Å². The largest absolute Gasteiger partial charge is 0.381 e. The lowest BCUT2D eigenvalue weighted by molar-refractivity contribution is 0.135. The van der Waals surface area contributed by atoms with Crippen LogP contribution in [-0.4, -0.2) is 13.2 Å². The number of halogens is 1. The van der Waals surface area contributed by atoms with E-state index in [1.165, 1.54) is 5.56 Å². The summed E-state index contributed by atoms with van der Waals surface area (Å²) < 4.78 is 5.43. The van der Waals surface area contributed by atoms with E-state index >= 15 is 0 Å². The van der Waals surface area contributed by atoms with Gasteiger partial charge in [0.05, 0.1) is 6.61 Å². The van der Waals surface area contributed by atoms with Crippen molar-refractivity contribution in [2.45, 2.75) is 19.3 Å². The standard InChI is InChI=1S/C12H16ClO/c1-2-3-8-14-9-7-11-5-4-6-12(13)10-11/h4-6,10H,1-3,7-9H2. The molecule has 0 saturated carbocycles. The zero-order valence-corrected chi connectivity index (χ0v) is 9.09. The summed E-state index contributed by atoms with van der Waals surface area (Å²) in [6.07, 6.45) is 2.91. The number of ether oxygens (including phenoxy) is 1. The summed E-state index contributed by atoms with van der Waals surface area (Å²) in [6.45, 7) is 5.33. The fraction of sp³-hybridized carbons (Fsp3) is 0.417. The molecular weight excluding hydrogens is 196 g/mol. The number of unbranched alkanes of at least 4 members (excludes halogenated alkanes) is 1. The normalized spacial score (nSPS) is 10.4. The summed E-state index contributed by atoms with van der Waals surface area (Å²) in [6, 6.07) is 7.89. The molecule has 1 nitrogen and oxygen atoms in total. The van der Waals surface area contributed by atoms with Crippen molar-refractivity contribution in [3.63, 3.8) is 0 Å². The van der Waals surface area contributed by atoms with E-state index in [0.29, 0.717) is 0 Å². The molecular formula is C12H16ClO. The number of rotatable bonds is 6. The summed E-state index contributed by atoms with van der Waals surface area (Å²) >= 11 is 5.86. The van der Waals surface area contributed by atoms with Crippen LogP contribution in [0.15, 0.2) is 24.3 Å². The van der Waals surface area contributed by atoms with Crippen molar-refractivity contribution in [3.8, 4) is 0 Å². The van der Waals surface area contributed by atoms with E-state index in [4.69, 9.17) is 16.3 Å². The van der Waals surface area contributed by atoms with E-state index in [-0.39, 0.29) is 0 Å². The highest BCUT2D eigenvalue weighted by Gasteiger charge is 1.94. The van der Waals surface area contributed by atoms with Gasteiger partial charge in [-0.25, -0.2) is 0 Å². The van der Waals surface area contributed by atoms with Crippen LogP contribution in [-0.2, 0) is 11.2 Å². The van der Waals surface area contributed by atoms with E-state index in [1.54, 1.807) is 0 Å². The Kier molecular flexibility index (Phi) is 5.65. The highest BCUT2D eigenvalue weighted by atomic mass is 35.5. The highest BCUT2D eigenvalue weighted by molar-refractivity contribution is 6.30. The minimum absolute atomic E-state index is 0.764. The summed E-state index contributed by atoms with van der Waals surface area (Å²) in [5, 5.41) is 0.792. The highest BCUT2D eigenvalue weighted by Crippen LogP contribution is 2.10. The van der Waals surface area contributed by atoms with Crippen LogP contribution in [0, 0.1) is 6.92 Å². The molecule has 0 aromatic heterocycles. The first-order valence-corrected chi connectivity index (χ1v) is 5.32. The minimum Gasteiger partial charge on any atom is -0.381 e. The van der Waals surface area contributed by atoms with Crippen LogP contribution >= 0.6 is 11.6 Å². The molecule has 1 aromatic rings. The van der Waals surface area contributed by atoms with Crippen molar-refractivity contribution >= 4 is 11.6 Å². The fourth-order valence-corrected chi connectivity index (χ4v) is 1.40. The van der Waals surface area contributed by atoms with Gasteiger partial charge in [0.15, 0.2) is 0 Å². The molecule has 1 aromatic carbocycles. The van der Waals surface area contributed by atoms with Crippen molar-refractivity contribution in [2.24, 2.45) is 0 Å². The van der Waals surface area contributed by atoms with Crippen LogP contribution in [0.3, 0.4) is 0 Å². The maximum atomic E-state index is 5.86. The quantitative estimate of drug-likeness (QED) is 0.655. The lowest BCUT2D eigenvalue weighted by atomic mass is 10.2. The number of hydrogen-bond donors (Lipinski definition) is 0. The van der Waals surface area contributed by atoms with E-state index in [0.717, 1.165) is 37.5 Å². The zero-order valence-electron chi connectivity index (χ0n) is 8.34. The van der Waals surface area contributed by atoms with Gasteiger partial charge < -0.3 is 4.74 Å². The van der Waals surface area contributed by atoms with Gasteiger partial charge >= 0.3 is 0 Å². The Morgan fingerprint density at radius 3 is 2.86 bits per heavy atom. The smallest absolute Gasteiger partial charge is 0.0506 e. The Balaban J connectivity index is 2.18. The molecule has 0 fully saturated rings. The lowest BCUT2D eigenvalue weighted by Gasteiger charge is -2.03. The molecule has 0 N–H and O–H groups in total. The zero-order chi connectivity index (χ0) is 10.2. The Hall–Kier alpha value is -0.530. The molecule has 0 spiro atoms. The van der Waals surface area contributed by atoms with Crippen LogP contribution in [0.2, 0.25) is 5.02 Å². The molecule has 0 unspecified atom stereocenters. The second kappa shape index (κ2) is 6.86. The Morgan fingerprint density at radius 1 is 1.29 bits per heavy atom. The van der Waals surface area contributed by atoms with Crippen LogP contribution in [0.4, 0.5) is 0 Å². The molecule has 14 heavy (non-hydrogen) atoms. The van der Waals surface area contributed by atoms with E-state index in [2.05, 4.69) is 13.0 Å². The molecule has 0 saturated heterocycles. The predicted molar refractivity (Wildman–Crippen MR) is 60.6 cm³/mol. The maximum absolute atomic E-state index is 5.86. The van der Waals surface area contributed by atoms with Gasteiger partial charge in [-0.2, -0.15) is 0 Å². The summed E-state index contributed by atoms with van der Waals surface area (Å²) in [5.41, 5.74) is 1.23. The van der Waals surface area contributed by atoms with Crippen LogP contribution in [0.1, 0.15) is 18.4 Å². The van der Waals surface area contributed by atoms with Crippen LogP contribution in [0.25, 0.3) is 0 Å². The average molecular weight is 212 g/mol. The summed E-state index contributed by atoms with van der Waals surface area (Å²) in [7, 11) is 0. The molecule has 0 heterocycles. The second-order valence-electron chi connectivity index (χ2n) is 3.20. The first-order chi connectivity index (χ1) is 6.83. The van der Waals surface area contributed by atoms with E-state index in [9.17, 15) is 0 Å². The van der Waals surface area contributed by atoms with Crippen molar-refractivity contribution in [1.82, 2.24) is 0 Å². The number of hydrogen-bond acceptors (Lipinski definition) is 1. The fourth-order valence-electron chi connectivity index (χ4n) is 1.19. The van der Waals surface area contributed by atoms with Gasteiger partial charge in [-0.05, 0) is 30.5 Å². The first kappa shape index (κ1) is 11.5. The van der Waals surface area contributed by atoms with Crippen molar-refractivity contribution in [3.05, 3.63) is 41.8 Å². The minimum atomic E-state index is 0.764. The molecule has 1 radical (unpaired) electrons. The Morgan fingerprint density at radius 2 is 2.14 bits per heavy atom. The molecule has 0 aliphatic rings. The van der Waals surface area contributed by atoms with Crippen molar-refractivity contribution < 1.29 is 4.74 Å². The van der Waals surface area contributed by atoms with Crippen molar-refractivity contribution in [1.29, 1.82) is 0 Å². The summed E-state index contributed by atoms with van der Waals surface area (Å²) in [4.78, 5) is 0. The van der Waals surface area contributed by atoms with Gasteiger partial charge in [0.2, 0.25) is 0 Å². The Labute approximate surface area is 91.0 Å². The van der Waals surface area contributed by atoms with Gasteiger partial charge in [0, 0.05) is 11.6 Å². The molecule has 0 amide bonds. The van der Waals surface area contributed by atoms with Crippen molar-refractivity contribution in [2.75, 3.05) is 13.2 Å². The third-order valence-corrected chi connectivity index (χ3v) is 2.20. The molecule has 77 valence electrons. The Bertz CT molecular complexity index is 260. The molecule has 0 aliphatic heterocycles. The molecule has 0 aliphatic carbocycles. The SMILES string of the molecule is [CH2]CCCOCCc1cccc(Cl)c1. The molecule has 2 heteroatoms. The van der Waals surface area contributed by atoms with Gasteiger partial charge in [-0.1, -0.05) is 37.1 Å². The first-order valence-electron chi connectivity index (χ1n) is 4.94. The average Bonchev–Trinajstić information content (AvgIpc) is 2.18. The predicted octanol–water partition coefficient (Wildman–Crippen LogP) is 3.51. The van der Waals surface area contributed by atoms with Gasteiger partial charge in [0.25, 0.3) is 0 Å². The van der Waals surface area contributed by atoms with Gasteiger partial charge in [0.1, 0.15) is 0 Å². The summed E-state index contributed by atoms with van der Waals surface area (Å²) in [5.74, 6) is 0. The number of benzene rings is 1.